The van der Waals surface area contributed by atoms with Crippen LogP contribution in [-0.4, -0.2) is 78.6 Å². The molecule has 0 atom stereocenters. The van der Waals surface area contributed by atoms with E-state index in [1.54, 1.807) is 28.3 Å². The highest BCUT2D eigenvalue weighted by Gasteiger charge is 2.24. The number of benzene rings is 1. The van der Waals surface area contributed by atoms with E-state index in [-0.39, 0.29) is 17.6 Å². The Bertz CT molecular complexity index is 1010. The van der Waals surface area contributed by atoms with E-state index in [0.717, 1.165) is 10.5 Å². The zero-order chi connectivity index (χ0) is 20.2. The molecule has 150 valence electrons. The Morgan fingerprint density at radius 1 is 1.03 bits per heavy atom. The van der Waals surface area contributed by atoms with Crippen LogP contribution in [0, 0.1) is 0 Å². The van der Waals surface area contributed by atoms with E-state index in [4.69, 9.17) is 0 Å². The number of aromatic nitrogens is 4. The number of phenolic OH excluding ortho intramolecular Hbond substituents is 1. The number of imidazole rings is 1. The maximum Gasteiger partial charge on any atom is 0.253 e. The molecule has 9 nitrogen and oxygen atoms in total. The van der Waals surface area contributed by atoms with Gasteiger partial charge in [-0.05, 0) is 24.3 Å². The first-order valence-electron chi connectivity index (χ1n) is 9.25. The lowest BCUT2D eigenvalue weighted by Gasteiger charge is -2.35. The number of fused-ring (bicyclic) bond motifs is 1. The van der Waals surface area contributed by atoms with Gasteiger partial charge < -0.3 is 19.9 Å². The predicted molar refractivity (Wildman–Crippen MR) is 108 cm³/mol. The second-order valence-corrected chi connectivity index (χ2v) is 7.68. The van der Waals surface area contributed by atoms with Gasteiger partial charge in [0.15, 0.2) is 5.65 Å². The van der Waals surface area contributed by atoms with Gasteiger partial charge in [0.1, 0.15) is 22.6 Å². The predicted octanol–water partition coefficient (Wildman–Crippen LogP) is 1.53. The normalized spacial score (nSPS) is 14.3. The fourth-order valence-electron chi connectivity index (χ4n) is 3.19. The van der Waals surface area contributed by atoms with E-state index in [1.807, 2.05) is 0 Å². The number of hydrogen-bond acceptors (Lipinski definition) is 7. The summed E-state index contributed by atoms with van der Waals surface area (Å²) in [5.41, 5.74) is 1.93. The van der Waals surface area contributed by atoms with Gasteiger partial charge in [0.05, 0.1) is 6.33 Å². The van der Waals surface area contributed by atoms with Crippen LogP contribution < -0.4 is 0 Å². The zero-order valence-corrected chi connectivity index (χ0v) is 16.4. The van der Waals surface area contributed by atoms with Crippen LogP contribution in [0.4, 0.5) is 0 Å². The highest BCUT2D eigenvalue weighted by molar-refractivity contribution is 7.99. The zero-order valence-electron chi connectivity index (χ0n) is 15.6. The molecule has 10 heteroatoms. The molecular formula is C19H20N6O3S. The molecule has 1 aliphatic rings. The van der Waals surface area contributed by atoms with Crippen LogP contribution in [0.15, 0.2) is 41.9 Å². The van der Waals surface area contributed by atoms with Gasteiger partial charge in [0.25, 0.3) is 5.91 Å². The molecule has 2 N–H and O–H groups in total. The summed E-state index contributed by atoms with van der Waals surface area (Å²) in [5.74, 6) is 0.727. The smallest absolute Gasteiger partial charge is 0.253 e. The van der Waals surface area contributed by atoms with E-state index in [1.165, 1.54) is 30.2 Å². The number of phenols is 1. The fraction of sp³-hybridized carbons (Fsp3) is 0.316. The number of hydrogen-bond donors (Lipinski definition) is 2. The summed E-state index contributed by atoms with van der Waals surface area (Å²) in [6, 6.07) is 6.21. The summed E-state index contributed by atoms with van der Waals surface area (Å²) in [6.07, 6.45) is 3.45. The van der Waals surface area contributed by atoms with Crippen molar-refractivity contribution in [1.29, 1.82) is 0 Å². The lowest BCUT2D eigenvalue weighted by atomic mass is 10.1. The van der Waals surface area contributed by atoms with Gasteiger partial charge in [-0.2, -0.15) is 0 Å². The number of nitrogens with one attached hydrogen (secondary N) is 1. The van der Waals surface area contributed by atoms with Crippen molar-refractivity contribution < 1.29 is 14.7 Å². The van der Waals surface area contributed by atoms with Crippen molar-refractivity contribution in [2.45, 2.75) is 11.4 Å². The molecule has 3 heterocycles. The fourth-order valence-corrected chi connectivity index (χ4v) is 4.08. The van der Waals surface area contributed by atoms with Gasteiger partial charge in [0, 0.05) is 43.9 Å². The maximum absolute atomic E-state index is 12.5. The first-order valence-corrected chi connectivity index (χ1v) is 10.2. The average Bonchev–Trinajstić information content (AvgIpc) is 3.24. The first kappa shape index (κ1) is 19.2. The van der Waals surface area contributed by atoms with Crippen molar-refractivity contribution in [3.8, 4) is 5.75 Å². The van der Waals surface area contributed by atoms with E-state index in [0.29, 0.717) is 49.6 Å². The lowest BCUT2D eigenvalue weighted by molar-refractivity contribution is -0.132. The Morgan fingerprint density at radius 2 is 1.76 bits per heavy atom. The Labute approximate surface area is 171 Å². The minimum atomic E-state index is -0.0833. The number of rotatable bonds is 5. The van der Waals surface area contributed by atoms with Crippen LogP contribution in [0.2, 0.25) is 0 Å². The molecule has 1 aliphatic heterocycles. The molecule has 29 heavy (non-hydrogen) atoms. The quantitative estimate of drug-likeness (QED) is 0.482. The Hall–Kier alpha value is -3.14. The molecule has 1 fully saturated rings. The van der Waals surface area contributed by atoms with Crippen LogP contribution >= 0.6 is 11.8 Å². The molecule has 0 saturated carbocycles. The summed E-state index contributed by atoms with van der Waals surface area (Å²) in [5, 5.41) is 10.1. The highest BCUT2D eigenvalue weighted by Crippen LogP contribution is 2.22. The molecule has 2 amide bonds. The second-order valence-electron chi connectivity index (χ2n) is 6.60. The SMILES string of the molecule is O=C(CCSc1ncnc2nc[nH]c12)N1CCN(C(=O)c2ccc(O)cc2)CC1. The van der Waals surface area contributed by atoms with E-state index in [9.17, 15) is 14.7 Å². The van der Waals surface area contributed by atoms with E-state index < -0.39 is 0 Å². The third-order valence-electron chi connectivity index (χ3n) is 4.78. The second kappa shape index (κ2) is 8.48. The van der Waals surface area contributed by atoms with Gasteiger partial charge in [-0.15, -0.1) is 11.8 Å². The minimum absolute atomic E-state index is 0.0733. The van der Waals surface area contributed by atoms with Gasteiger partial charge >= 0.3 is 0 Å². The minimum Gasteiger partial charge on any atom is -0.508 e. The summed E-state index contributed by atoms with van der Waals surface area (Å²) in [6.45, 7) is 2.04. The topological polar surface area (TPSA) is 115 Å². The largest absolute Gasteiger partial charge is 0.508 e. The van der Waals surface area contributed by atoms with Crippen LogP contribution in [0.1, 0.15) is 16.8 Å². The number of nitrogens with zero attached hydrogens (tertiary/aromatic N) is 5. The highest BCUT2D eigenvalue weighted by atomic mass is 32.2. The molecule has 0 spiro atoms. The van der Waals surface area contributed by atoms with Crippen LogP contribution in [-0.2, 0) is 4.79 Å². The van der Waals surface area contributed by atoms with Crippen molar-refractivity contribution in [3.63, 3.8) is 0 Å². The Morgan fingerprint density at radius 3 is 2.52 bits per heavy atom. The van der Waals surface area contributed by atoms with Gasteiger partial charge in [0.2, 0.25) is 5.91 Å². The Kier molecular flexibility index (Phi) is 5.61. The van der Waals surface area contributed by atoms with Crippen molar-refractivity contribution in [1.82, 2.24) is 29.7 Å². The lowest BCUT2D eigenvalue weighted by Crippen LogP contribution is -2.50. The molecule has 2 aromatic heterocycles. The molecule has 0 bridgehead atoms. The number of thioether (sulfide) groups is 1. The van der Waals surface area contributed by atoms with Gasteiger partial charge in [-0.1, -0.05) is 0 Å². The number of piperazine rings is 1. The maximum atomic E-state index is 12.5. The average molecular weight is 412 g/mol. The monoisotopic (exact) mass is 412 g/mol. The summed E-state index contributed by atoms with van der Waals surface area (Å²) in [4.78, 5) is 44.0. The van der Waals surface area contributed by atoms with Crippen LogP contribution in [0.5, 0.6) is 5.75 Å². The molecule has 1 aromatic carbocycles. The third kappa shape index (κ3) is 4.32. The van der Waals surface area contributed by atoms with Crippen LogP contribution in [0.3, 0.4) is 0 Å². The van der Waals surface area contributed by atoms with Gasteiger partial charge in [-0.3, -0.25) is 9.59 Å². The van der Waals surface area contributed by atoms with Gasteiger partial charge in [-0.25, -0.2) is 15.0 Å². The molecule has 0 radical (unpaired) electrons. The molecule has 3 aromatic rings. The summed E-state index contributed by atoms with van der Waals surface area (Å²) in [7, 11) is 0. The number of carbonyl (C=O) groups is 2. The molecule has 4 rings (SSSR count). The Balaban J connectivity index is 1.25. The molecular weight excluding hydrogens is 392 g/mol. The standard InChI is InChI=1S/C19H20N6O3S/c26-14-3-1-13(2-4-14)19(28)25-8-6-24(7-9-25)15(27)5-10-29-18-16-17(21-11-20-16)22-12-23-18/h1-4,11-12,26H,5-10H2,(H,20,21,22,23). The van der Waals surface area contributed by atoms with Crippen molar-refractivity contribution in [2.75, 3.05) is 31.9 Å². The third-order valence-corrected chi connectivity index (χ3v) is 5.77. The van der Waals surface area contributed by atoms with E-state index in [2.05, 4.69) is 19.9 Å². The summed E-state index contributed by atoms with van der Waals surface area (Å²) < 4.78 is 0. The van der Waals surface area contributed by atoms with Crippen molar-refractivity contribution in [2.24, 2.45) is 0 Å². The molecule has 1 saturated heterocycles. The number of aromatic hydroxyl groups is 1. The summed E-state index contributed by atoms with van der Waals surface area (Å²) >= 11 is 1.50. The first-order chi connectivity index (χ1) is 14.1. The van der Waals surface area contributed by atoms with Crippen LogP contribution in [0.25, 0.3) is 11.2 Å². The van der Waals surface area contributed by atoms with E-state index >= 15 is 0 Å². The van der Waals surface area contributed by atoms with Crippen molar-refractivity contribution >= 4 is 34.7 Å². The molecule has 0 unspecified atom stereocenters. The number of H-pyrrole nitrogens is 1. The number of carbonyl (C=O) groups excluding carboxylic acids is 2. The van der Waals surface area contributed by atoms with Crippen molar-refractivity contribution in [3.05, 3.63) is 42.5 Å². The number of amides is 2. The number of aromatic amines is 1. The molecule has 0 aliphatic carbocycles.